The van der Waals surface area contributed by atoms with Gasteiger partial charge in [-0.2, -0.15) is 0 Å². The van der Waals surface area contributed by atoms with Crippen LogP contribution in [0.25, 0.3) is 0 Å². The van der Waals surface area contributed by atoms with Crippen LogP contribution in [0.1, 0.15) is 48.4 Å². The Morgan fingerprint density at radius 2 is 1.82 bits per heavy atom. The van der Waals surface area contributed by atoms with Crippen molar-refractivity contribution in [3.63, 3.8) is 0 Å². The van der Waals surface area contributed by atoms with Gasteiger partial charge >= 0.3 is 5.97 Å². The van der Waals surface area contributed by atoms with Crippen LogP contribution in [0.3, 0.4) is 0 Å². The van der Waals surface area contributed by atoms with Gasteiger partial charge in [-0.1, -0.05) is 12.1 Å². The standard InChI is InChI=1S/C24H21N3O5S/c28-21(20-5-2-8-33-20)25-18-6-7-19-17-9-14(12-27(19)23(18)30)11-26(13-17)22(29)15-3-1-4-16(10-15)24(31)32/h1-8,10,14,17H,9,11-13H2,(H,25,28)(H,31,32)/t14-,17+/m0/s1. The fourth-order valence-corrected chi connectivity index (χ4v) is 5.39. The van der Waals surface area contributed by atoms with Gasteiger partial charge in [0, 0.05) is 36.8 Å². The number of carboxylic acid groups (broad SMARTS) is 1. The maximum atomic E-state index is 13.1. The average Bonchev–Trinajstić information content (AvgIpc) is 3.36. The lowest BCUT2D eigenvalue weighted by atomic mass is 9.83. The van der Waals surface area contributed by atoms with E-state index in [1.165, 1.54) is 23.5 Å². The number of carbonyl (C=O) groups excluding carboxylic acids is 2. The van der Waals surface area contributed by atoms with Crippen LogP contribution < -0.4 is 10.9 Å². The highest BCUT2D eigenvalue weighted by molar-refractivity contribution is 7.12. The topological polar surface area (TPSA) is 109 Å². The van der Waals surface area contributed by atoms with E-state index in [2.05, 4.69) is 5.32 Å². The molecule has 2 aromatic heterocycles. The van der Waals surface area contributed by atoms with Crippen LogP contribution in [0.4, 0.5) is 5.69 Å². The zero-order chi connectivity index (χ0) is 23.1. The van der Waals surface area contributed by atoms with Crippen LogP contribution in [0.5, 0.6) is 0 Å². The molecule has 9 heteroatoms. The number of aromatic carboxylic acids is 1. The number of hydrogen-bond donors (Lipinski definition) is 2. The number of anilines is 1. The minimum Gasteiger partial charge on any atom is -0.478 e. The molecule has 0 unspecified atom stereocenters. The smallest absolute Gasteiger partial charge is 0.335 e. The molecule has 8 nitrogen and oxygen atoms in total. The van der Waals surface area contributed by atoms with E-state index < -0.39 is 5.97 Å². The van der Waals surface area contributed by atoms with Crippen LogP contribution in [0, 0.1) is 5.92 Å². The van der Waals surface area contributed by atoms with E-state index in [1.54, 1.807) is 45.2 Å². The quantitative estimate of drug-likeness (QED) is 0.618. The summed E-state index contributed by atoms with van der Waals surface area (Å²) in [4.78, 5) is 52.1. The second-order valence-corrected chi connectivity index (χ2v) is 9.36. The minimum absolute atomic E-state index is 0.00106. The number of likely N-dealkylation sites (tertiary alicyclic amines) is 1. The lowest BCUT2D eigenvalue weighted by Gasteiger charge is -2.43. The molecular weight excluding hydrogens is 442 g/mol. The van der Waals surface area contributed by atoms with Crippen molar-refractivity contribution in [1.82, 2.24) is 9.47 Å². The highest BCUT2D eigenvalue weighted by Crippen LogP contribution is 2.36. The molecule has 0 radical (unpaired) electrons. The number of rotatable bonds is 4. The van der Waals surface area contributed by atoms with E-state index in [0.717, 1.165) is 12.1 Å². The third kappa shape index (κ3) is 3.95. The molecule has 1 saturated heterocycles. The van der Waals surface area contributed by atoms with Crippen molar-refractivity contribution < 1.29 is 19.5 Å². The van der Waals surface area contributed by atoms with Crippen molar-refractivity contribution in [2.75, 3.05) is 18.4 Å². The molecule has 33 heavy (non-hydrogen) atoms. The summed E-state index contributed by atoms with van der Waals surface area (Å²) in [6.07, 6.45) is 0.874. The minimum atomic E-state index is -1.07. The van der Waals surface area contributed by atoms with Crippen molar-refractivity contribution in [2.24, 2.45) is 5.92 Å². The van der Waals surface area contributed by atoms with Gasteiger partial charge in [-0.15, -0.1) is 11.3 Å². The number of carbonyl (C=O) groups is 3. The molecule has 3 aromatic rings. The van der Waals surface area contributed by atoms with Gasteiger partial charge in [0.05, 0.1) is 10.4 Å². The van der Waals surface area contributed by atoms with Crippen molar-refractivity contribution in [1.29, 1.82) is 0 Å². The van der Waals surface area contributed by atoms with Crippen LogP contribution >= 0.6 is 11.3 Å². The van der Waals surface area contributed by atoms with Crippen LogP contribution in [0.2, 0.25) is 0 Å². The molecule has 2 atom stereocenters. The number of thiophene rings is 1. The van der Waals surface area contributed by atoms with E-state index >= 15 is 0 Å². The van der Waals surface area contributed by atoms with Crippen LogP contribution in [-0.4, -0.2) is 45.4 Å². The second kappa shape index (κ2) is 8.32. The SMILES string of the molecule is O=C(O)c1cccc(C(=O)N2C[C@@H]3C[C@H](C2)c2ccc(NC(=O)c4cccs4)c(=O)n2C3)c1. The second-order valence-electron chi connectivity index (χ2n) is 8.41. The highest BCUT2D eigenvalue weighted by Gasteiger charge is 2.37. The predicted molar refractivity (Wildman–Crippen MR) is 123 cm³/mol. The molecule has 0 spiro atoms. The summed E-state index contributed by atoms with van der Waals surface area (Å²) in [6, 6.07) is 13.0. The molecule has 1 aromatic carbocycles. The number of fused-ring (bicyclic) bond motifs is 4. The lowest BCUT2D eigenvalue weighted by Crippen LogP contribution is -2.49. The van der Waals surface area contributed by atoms with Crippen molar-refractivity contribution in [3.8, 4) is 0 Å². The number of carboxylic acids is 1. The van der Waals surface area contributed by atoms with E-state index in [4.69, 9.17) is 0 Å². The molecule has 1 fully saturated rings. The predicted octanol–water partition coefficient (Wildman–Crippen LogP) is 3.12. The number of hydrogen-bond acceptors (Lipinski definition) is 5. The summed E-state index contributed by atoms with van der Waals surface area (Å²) in [6.45, 7) is 1.41. The number of nitrogens with zero attached hydrogens (tertiary/aromatic N) is 2. The monoisotopic (exact) mass is 463 g/mol. The average molecular weight is 464 g/mol. The summed E-state index contributed by atoms with van der Waals surface area (Å²) >= 11 is 1.31. The lowest BCUT2D eigenvalue weighted by molar-refractivity contribution is 0.0594. The van der Waals surface area contributed by atoms with Gasteiger partial charge in [-0.3, -0.25) is 14.4 Å². The van der Waals surface area contributed by atoms with Crippen molar-refractivity contribution in [2.45, 2.75) is 18.9 Å². The van der Waals surface area contributed by atoms with Crippen LogP contribution in [-0.2, 0) is 6.54 Å². The Kier molecular flexibility index (Phi) is 5.33. The molecule has 2 aliphatic heterocycles. The first-order chi connectivity index (χ1) is 15.9. The Morgan fingerprint density at radius 1 is 1.00 bits per heavy atom. The molecule has 2 bridgehead atoms. The summed E-state index contributed by atoms with van der Waals surface area (Å²) in [5, 5.41) is 13.7. The van der Waals surface area contributed by atoms with Gasteiger partial charge in [0.25, 0.3) is 17.4 Å². The molecule has 2 N–H and O–H groups in total. The third-order valence-electron chi connectivity index (χ3n) is 6.24. The van der Waals surface area contributed by atoms with E-state index in [9.17, 15) is 24.3 Å². The normalized spacial score (nSPS) is 19.0. The Hall–Kier alpha value is -3.72. The fraction of sp³-hybridized carbons (Fsp3) is 0.250. The number of pyridine rings is 1. The molecular formula is C24H21N3O5S. The van der Waals surface area contributed by atoms with Gasteiger partial charge in [0.2, 0.25) is 0 Å². The third-order valence-corrected chi connectivity index (χ3v) is 7.11. The Labute approximate surface area is 193 Å². The van der Waals surface area contributed by atoms with E-state index in [0.29, 0.717) is 30.1 Å². The van der Waals surface area contributed by atoms with Crippen LogP contribution in [0.15, 0.2) is 58.7 Å². The number of nitrogens with one attached hydrogen (secondary N) is 1. The first kappa shape index (κ1) is 21.1. The van der Waals surface area contributed by atoms with Crippen molar-refractivity contribution in [3.05, 3.63) is 86.0 Å². The first-order valence-electron chi connectivity index (χ1n) is 10.6. The summed E-state index contributed by atoms with van der Waals surface area (Å²) in [5.41, 5.74) is 1.28. The molecule has 0 saturated carbocycles. The van der Waals surface area contributed by atoms with E-state index in [-0.39, 0.29) is 40.5 Å². The van der Waals surface area contributed by atoms with E-state index in [1.807, 2.05) is 6.07 Å². The molecule has 2 amide bonds. The molecule has 4 heterocycles. The molecule has 5 rings (SSSR count). The summed E-state index contributed by atoms with van der Waals surface area (Å²) in [5.74, 6) is -1.49. The Balaban J connectivity index is 1.38. The first-order valence-corrected chi connectivity index (χ1v) is 11.5. The van der Waals surface area contributed by atoms with Crippen molar-refractivity contribution >= 4 is 34.8 Å². The number of aromatic nitrogens is 1. The number of piperidine rings is 1. The zero-order valence-electron chi connectivity index (χ0n) is 17.6. The van der Waals surface area contributed by atoms with Gasteiger partial charge in [0.15, 0.2) is 0 Å². The Bertz CT molecular complexity index is 1310. The number of benzene rings is 1. The zero-order valence-corrected chi connectivity index (χ0v) is 18.4. The maximum absolute atomic E-state index is 13.1. The number of amides is 2. The van der Waals surface area contributed by atoms with Gasteiger partial charge in [0.1, 0.15) is 5.69 Å². The fourth-order valence-electron chi connectivity index (χ4n) is 4.77. The molecule has 2 aliphatic rings. The van der Waals surface area contributed by atoms with Gasteiger partial charge in [-0.25, -0.2) is 4.79 Å². The van der Waals surface area contributed by atoms with Gasteiger partial charge in [-0.05, 0) is 54.1 Å². The largest absolute Gasteiger partial charge is 0.478 e. The highest BCUT2D eigenvalue weighted by atomic mass is 32.1. The maximum Gasteiger partial charge on any atom is 0.335 e. The van der Waals surface area contributed by atoms with Gasteiger partial charge < -0.3 is 19.9 Å². The molecule has 0 aliphatic carbocycles. The summed E-state index contributed by atoms with van der Waals surface area (Å²) in [7, 11) is 0. The Morgan fingerprint density at radius 3 is 2.58 bits per heavy atom. The summed E-state index contributed by atoms with van der Waals surface area (Å²) < 4.78 is 1.72. The molecule has 168 valence electrons.